The quantitative estimate of drug-likeness (QED) is 0.885. The van der Waals surface area contributed by atoms with Gasteiger partial charge in [0.15, 0.2) is 11.5 Å². The van der Waals surface area contributed by atoms with Gasteiger partial charge in [-0.1, -0.05) is 12.1 Å². The van der Waals surface area contributed by atoms with Crippen LogP contribution in [0.5, 0.6) is 11.5 Å². The van der Waals surface area contributed by atoms with Crippen LogP contribution in [0.25, 0.3) is 0 Å². The maximum absolute atomic E-state index is 10.2. The Labute approximate surface area is 124 Å². The maximum Gasteiger partial charge on any atom is 0.162 e. The molecule has 0 spiro atoms. The Bertz CT molecular complexity index is 620. The number of nitrogens with zero attached hydrogens (tertiary/aromatic N) is 3. The highest BCUT2D eigenvalue weighted by molar-refractivity contribution is 5.45. The summed E-state index contributed by atoms with van der Waals surface area (Å²) in [7, 11) is 3.51. The van der Waals surface area contributed by atoms with Crippen molar-refractivity contribution in [2.45, 2.75) is 32.0 Å². The van der Waals surface area contributed by atoms with E-state index in [1.54, 1.807) is 13.2 Å². The molecule has 0 radical (unpaired) electrons. The highest BCUT2D eigenvalue weighted by atomic mass is 16.5. The summed E-state index contributed by atoms with van der Waals surface area (Å²) in [6, 6.07) is 6.26. The molecule has 0 bridgehead atoms. The van der Waals surface area contributed by atoms with Gasteiger partial charge in [-0.15, -0.1) is 0 Å². The number of para-hydroxylation sites is 1. The third-order valence-electron chi connectivity index (χ3n) is 3.88. The molecule has 0 saturated heterocycles. The van der Waals surface area contributed by atoms with Gasteiger partial charge in [0, 0.05) is 43.5 Å². The topological polar surface area (TPSA) is 50.5 Å². The second-order valence-corrected chi connectivity index (χ2v) is 5.63. The van der Waals surface area contributed by atoms with Crippen LogP contribution in [0.3, 0.4) is 0 Å². The first kappa shape index (κ1) is 13.9. The number of hydrogen-bond donors (Lipinski definition) is 1. The average Bonchev–Trinajstić information content (AvgIpc) is 3.24. The number of aryl methyl sites for hydroxylation is 1. The van der Waals surface area contributed by atoms with E-state index >= 15 is 0 Å². The molecule has 5 nitrogen and oxygen atoms in total. The van der Waals surface area contributed by atoms with E-state index in [2.05, 4.69) is 10.00 Å². The fourth-order valence-electron chi connectivity index (χ4n) is 2.62. The number of methoxy groups -OCH3 is 1. The SMILES string of the molecule is COc1cccc(CN(Cc2cnn(C)c2)C2CC2)c1O. The monoisotopic (exact) mass is 287 g/mol. The van der Waals surface area contributed by atoms with Crippen molar-refractivity contribution in [3.63, 3.8) is 0 Å². The van der Waals surface area contributed by atoms with Crippen LogP contribution in [-0.2, 0) is 20.1 Å². The van der Waals surface area contributed by atoms with Crippen molar-refractivity contribution in [3.05, 3.63) is 41.7 Å². The molecule has 0 unspecified atom stereocenters. The molecule has 1 aromatic carbocycles. The Morgan fingerprint density at radius 2 is 2.19 bits per heavy atom. The van der Waals surface area contributed by atoms with E-state index in [0.717, 1.165) is 18.7 Å². The minimum Gasteiger partial charge on any atom is -0.504 e. The summed E-state index contributed by atoms with van der Waals surface area (Å²) in [5.41, 5.74) is 2.11. The number of phenolic OH excluding ortho intramolecular Hbond substituents is 1. The molecule has 1 fully saturated rings. The molecule has 1 saturated carbocycles. The molecule has 0 atom stereocenters. The molecule has 1 aliphatic carbocycles. The standard InChI is InChI=1S/C16H21N3O2/c1-18-9-12(8-17-18)10-19(14-6-7-14)11-13-4-3-5-15(21-2)16(13)20/h3-5,8-9,14,20H,6-7,10-11H2,1-2H3. The number of rotatable bonds is 6. The molecule has 5 heteroatoms. The van der Waals surface area contributed by atoms with Gasteiger partial charge in [0.1, 0.15) is 0 Å². The van der Waals surface area contributed by atoms with Crippen molar-refractivity contribution in [3.8, 4) is 11.5 Å². The molecule has 0 aliphatic heterocycles. The Morgan fingerprint density at radius 1 is 1.38 bits per heavy atom. The Hall–Kier alpha value is -2.01. The van der Waals surface area contributed by atoms with Crippen LogP contribution in [0, 0.1) is 0 Å². The third-order valence-corrected chi connectivity index (χ3v) is 3.88. The molecule has 1 N–H and O–H groups in total. The van der Waals surface area contributed by atoms with Crippen molar-refractivity contribution >= 4 is 0 Å². The molecule has 1 aliphatic rings. The molecule has 2 aromatic rings. The highest BCUT2D eigenvalue weighted by Crippen LogP contribution is 2.34. The van der Waals surface area contributed by atoms with Crippen molar-refractivity contribution < 1.29 is 9.84 Å². The number of ether oxygens (including phenoxy) is 1. The van der Waals surface area contributed by atoms with Crippen LogP contribution < -0.4 is 4.74 Å². The van der Waals surface area contributed by atoms with E-state index in [1.165, 1.54) is 18.4 Å². The zero-order valence-corrected chi connectivity index (χ0v) is 12.5. The van der Waals surface area contributed by atoms with E-state index in [1.807, 2.05) is 36.3 Å². The lowest BCUT2D eigenvalue weighted by Crippen LogP contribution is -2.25. The van der Waals surface area contributed by atoms with E-state index in [0.29, 0.717) is 11.8 Å². The Balaban J connectivity index is 1.76. The fraction of sp³-hybridized carbons (Fsp3) is 0.438. The summed E-state index contributed by atoms with van der Waals surface area (Å²) in [6.07, 6.45) is 6.40. The van der Waals surface area contributed by atoms with Crippen molar-refractivity contribution in [1.29, 1.82) is 0 Å². The second kappa shape index (κ2) is 5.77. The molecule has 1 heterocycles. The van der Waals surface area contributed by atoms with Gasteiger partial charge >= 0.3 is 0 Å². The smallest absolute Gasteiger partial charge is 0.162 e. The number of aromatic nitrogens is 2. The molecular formula is C16H21N3O2. The van der Waals surface area contributed by atoms with E-state index in [9.17, 15) is 5.11 Å². The molecule has 0 amide bonds. The van der Waals surface area contributed by atoms with Crippen molar-refractivity contribution in [1.82, 2.24) is 14.7 Å². The summed E-state index contributed by atoms with van der Waals surface area (Å²) in [4.78, 5) is 2.39. The molecule has 112 valence electrons. The van der Waals surface area contributed by atoms with Gasteiger partial charge in [-0.25, -0.2) is 0 Å². The Morgan fingerprint density at radius 3 is 2.81 bits per heavy atom. The minimum atomic E-state index is 0.247. The minimum absolute atomic E-state index is 0.247. The van der Waals surface area contributed by atoms with Crippen LogP contribution in [0.4, 0.5) is 0 Å². The zero-order chi connectivity index (χ0) is 14.8. The van der Waals surface area contributed by atoms with Crippen LogP contribution in [0.1, 0.15) is 24.0 Å². The zero-order valence-electron chi connectivity index (χ0n) is 12.5. The summed E-state index contributed by atoms with van der Waals surface area (Å²) in [5, 5.41) is 14.5. The summed E-state index contributed by atoms with van der Waals surface area (Å²) in [6.45, 7) is 1.58. The number of hydrogen-bond acceptors (Lipinski definition) is 4. The molecular weight excluding hydrogens is 266 g/mol. The molecule has 21 heavy (non-hydrogen) atoms. The van der Waals surface area contributed by atoms with Crippen LogP contribution in [0.15, 0.2) is 30.6 Å². The first-order chi connectivity index (χ1) is 10.2. The lowest BCUT2D eigenvalue weighted by atomic mass is 10.1. The lowest BCUT2D eigenvalue weighted by Gasteiger charge is -2.22. The van der Waals surface area contributed by atoms with E-state index in [4.69, 9.17) is 4.74 Å². The van der Waals surface area contributed by atoms with Crippen molar-refractivity contribution in [2.75, 3.05) is 7.11 Å². The van der Waals surface area contributed by atoms with E-state index in [-0.39, 0.29) is 5.75 Å². The lowest BCUT2D eigenvalue weighted by molar-refractivity contribution is 0.241. The first-order valence-corrected chi connectivity index (χ1v) is 7.24. The maximum atomic E-state index is 10.2. The largest absolute Gasteiger partial charge is 0.504 e. The summed E-state index contributed by atoms with van der Waals surface area (Å²) < 4.78 is 7.01. The number of benzene rings is 1. The van der Waals surface area contributed by atoms with Gasteiger partial charge in [-0.2, -0.15) is 5.10 Å². The van der Waals surface area contributed by atoms with Gasteiger partial charge in [0.05, 0.1) is 13.3 Å². The normalized spacial score (nSPS) is 14.6. The molecule has 3 rings (SSSR count). The van der Waals surface area contributed by atoms with Gasteiger partial charge in [-0.3, -0.25) is 9.58 Å². The number of phenols is 1. The highest BCUT2D eigenvalue weighted by Gasteiger charge is 2.29. The van der Waals surface area contributed by atoms with Gasteiger partial charge in [0.2, 0.25) is 0 Å². The summed E-state index contributed by atoms with van der Waals surface area (Å²) in [5.74, 6) is 0.779. The first-order valence-electron chi connectivity index (χ1n) is 7.24. The predicted octanol–water partition coefficient (Wildman–Crippen LogP) is 2.30. The van der Waals surface area contributed by atoms with Crippen LogP contribution in [-0.4, -0.2) is 32.9 Å². The predicted molar refractivity (Wildman–Crippen MR) is 80.1 cm³/mol. The Kier molecular flexibility index (Phi) is 3.84. The fourth-order valence-corrected chi connectivity index (χ4v) is 2.62. The number of aromatic hydroxyl groups is 1. The van der Waals surface area contributed by atoms with E-state index < -0.39 is 0 Å². The second-order valence-electron chi connectivity index (χ2n) is 5.63. The summed E-state index contributed by atoms with van der Waals surface area (Å²) >= 11 is 0. The third kappa shape index (κ3) is 3.19. The van der Waals surface area contributed by atoms with Gasteiger partial charge < -0.3 is 9.84 Å². The average molecular weight is 287 g/mol. The van der Waals surface area contributed by atoms with Gasteiger partial charge in [0.25, 0.3) is 0 Å². The van der Waals surface area contributed by atoms with Crippen LogP contribution >= 0.6 is 0 Å². The van der Waals surface area contributed by atoms with Gasteiger partial charge in [-0.05, 0) is 18.9 Å². The molecule has 1 aromatic heterocycles. The van der Waals surface area contributed by atoms with Crippen LogP contribution in [0.2, 0.25) is 0 Å². The van der Waals surface area contributed by atoms with Crippen molar-refractivity contribution in [2.24, 2.45) is 7.05 Å².